The minimum absolute atomic E-state index is 0.247. The van der Waals surface area contributed by atoms with Crippen molar-refractivity contribution in [2.24, 2.45) is 34.0 Å². The molecule has 0 amide bonds. The van der Waals surface area contributed by atoms with E-state index in [-0.39, 0.29) is 5.41 Å². The smallest absolute Gasteiger partial charge is 0.0495 e. The van der Waals surface area contributed by atoms with Crippen LogP contribution in [0.15, 0.2) is 0 Å². The highest BCUT2D eigenvalue weighted by Gasteiger charge is 2.70. The van der Waals surface area contributed by atoms with Crippen molar-refractivity contribution in [3.8, 4) is 0 Å². The first kappa shape index (κ1) is 12.0. The van der Waals surface area contributed by atoms with E-state index in [1.165, 1.54) is 32.1 Å². The third kappa shape index (κ3) is 1.11. The molecule has 1 nitrogen and oxygen atoms in total. The van der Waals surface area contributed by atoms with Gasteiger partial charge in [-0.3, -0.25) is 0 Å². The Hall–Kier alpha value is -0.0400. The molecule has 3 aliphatic rings. The van der Waals surface area contributed by atoms with Gasteiger partial charge in [-0.1, -0.05) is 34.1 Å². The fourth-order valence-corrected chi connectivity index (χ4v) is 6.55. The van der Waals surface area contributed by atoms with E-state index < -0.39 is 0 Å². The Labute approximate surface area is 106 Å². The van der Waals surface area contributed by atoms with Crippen molar-refractivity contribution in [3.63, 3.8) is 0 Å². The molecular formula is C16H28O. The molecule has 1 heteroatoms. The molecule has 3 saturated carbocycles. The molecule has 98 valence electrons. The second kappa shape index (κ2) is 3.29. The topological polar surface area (TPSA) is 20.2 Å². The fraction of sp³-hybridized carbons (Fsp3) is 1.00. The average Bonchev–Trinajstić information content (AvgIpc) is 2.43. The molecule has 3 rings (SSSR count). The predicted octanol–water partition coefficient (Wildman–Crippen LogP) is 3.86. The molecule has 3 fully saturated rings. The van der Waals surface area contributed by atoms with Crippen molar-refractivity contribution in [2.45, 2.75) is 59.8 Å². The summed E-state index contributed by atoms with van der Waals surface area (Å²) < 4.78 is 0. The van der Waals surface area contributed by atoms with Crippen LogP contribution in [0, 0.1) is 34.0 Å². The van der Waals surface area contributed by atoms with Crippen molar-refractivity contribution in [2.75, 3.05) is 6.61 Å². The van der Waals surface area contributed by atoms with Gasteiger partial charge in [0.15, 0.2) is 0 Å². The first-order valence-corrected chi connectivity index (χ1v) is 7.52. The van der Waals surface area contributed by atoms with E-state index in [1.807, 2.05) is 0 Å². The normalized spacial score (nSPS) is 61.6. The Balaban J connectivity index is 2.17. The zero-order valence-electron chi connectivity index (χ0n) is 11.9. The maximum atomic E-state index is 10.2. The molecule has 0 aromatic carbocycles. The van der Waals surface area contributed by atoms with Gasteiger partial charge in [0.05, 0.1) is 0 Å². The van der Waals surface area contributed by atoms with Crippen LogP contribution < -0.4 is 0 Å². The molecule has 1 N–H and O–H groups in total. The Morgan fingerprint density at radius 3 is 2.35 bits per heavy atom. The largest absolute Gasteiger partial charge is 0.396 e. The zero-order chi connectivity index (χ0) is 12.5. The van der Waals surface area contributed by atoms with Gasteiger partial charge < -0.3 is 5.11 Å². The lowest BCUT2D eigenvalue weighted by Gasteiger charge is -2.61. The second-order valence-electron chi connectivity index (χ2n) is 7.86. The Morgan fingerprint density at radius 1 is 1.06 bits per heavy atom. The second-order valence-corrected chi connectivity index (χ2v) is 7.86. The van der Waals surface area contributed by atoms with Crippen LogP contribution in [-0.4, -0.2) is 11.7 Å². The highest BCUT2D eigenvalue weighted by atomic mass is 16.3. The minimum Gasteiger partial charge on any atom is -0.396 e. The van der Waals surface area contributed by atoms with Gasteiger partial charge in [-0.2, -0.15) is 0 Å². The van der Waals surface area contributed by atoms with E-state index in [4.69, 9.17) is 0 Å². The van der Waals surface area contributed by atoms with Crippen LogP contribution >= 0.6 is 0 Å². The number of rotatable bonds is 1. The number of hydrogen-bond donors (Lipinski definition) is 1. The SMILES string of the molecule is CC1C(C)C2(C)CCC3(C)CCCC2(CO)C13. The summed E-state index contributed by atoms with van der Waals surface area (Å²) in [4.78, 5) is 0. The minimum atomic E-state index is 0.247. The van der Waals surface area contributed by atoms with Gasteiger partial charge in [0.25, 0.3) is 0 Å². The molecule has 4 bridgehead atoms. The molecular weight excluding hydrogens is 208 g/mol. The summed E-state index contributed by atoms with van der Waals surface area (Å²) in [7, 11) is 0. The lowest BCUT2D eigenvalue weighted by molar-refractivity contribution is -0.147. The van der Waals surface area contributed by atoms with Gasteiger partial charge in [-0.15, -0.1) is 0 Å². The molecule has 6 atom stereocenters. The summed E-state index contributed by atoms with van der Waals surface area (Å²) in [5.74, 6) is 2.34. The van der Waals surface area contributed by atoms with Crippen molar-refractivity contribution in [3.05, 3.63) is 0 Å². The highest BCUT2D eigenvalue weighted by molar-refractivity contribution is 5.19. The quantitative estimate of drug-likeness (QED) is 0.733. The van der Waals surface area contributed by atoms with Crippen molar-refractivity contribution in [1.82, 2.24) is 0 Å². The summed E-state index contributed by atoms with van der Waals surface area (Å²) in [6.45, 7) is 10.3. The summed E-state index contributed by atoms with van der Waals surface area (Å²) in [5.41, 5.74) is 1.16. The molecule has 6 unspecified atom stereocenters. The average molecular weight is 236 g/mol. The van der Waals surface area contributed by atoms with E-state index in [0.717, 1.165) is 17.8 Å². The molecule has 0 radical (unpaired) electrons. The van der Waals surface area contributed by atoms with Gasteiger partial charge in [-0.25, -0.2) is 0 Å². The predicted molar refractivity (Wildman–Crippen MR) is 70.6 cm³/mol. The first-order chi connectivity index (χ1) is 7.91. The summed E-state index contributed by atoms with van der Waals surface area (Å²) >= 11 is 0. The van der Waals surface area contributed by atoms with E-state index >= 15 is 0 Å². The van der Waals surface area contributed by atoms with Gasteiger partial charge in [0.1, 0.15) is 0 Å². The number of hydrogen-bond acceptors (Lipinski definition) is 1. The lowest BCUT2D eigenvalue weighted by Crippen LogP contribution is -2.56. The van der Waals surface area contributed by atoms with Crippen LogP contribution in [0.25, 0.3) is 0 Å². The van der Waals surface area contributed by atoms with Crippen molar-refractivity contribution < 1.29 is 5.11 Å². The highest BCUT2D eigenvalue weighted by Crippen LogP contribution is 2.76. The third-order valence-corrected chi connectivity index (χ3v) is 7.67. The Bertz CT molecular complexity index is 338. The van der Waals surface area contributed by atoms with Crippen LogP contribution in [-0.2, 0) is 0 Å². The van der Waals surface area contributed by atoms with Crippen molar-refractivity contribution in [1.29, 1.82) is 0 Å². The number of aliphatic hydroxyl groups is 1. The summed E-state index contributed by atoms with van der Waals surface area (Å²) in [5, 5.41) is 10.2. The molecule has 0 spiro atoms. The fourth-order valence-electron chi connectivity index (χ4n) is 6.55. The van der Waals surface area contributed by atoms with Gasteiger partial charge in [-0.05, 0) is 54.3 Å². The molecule has 17 heavy (non-hydrogen) atoms. The van der Waals surface area contributed by atoms with E-state index in [0.29, 0.717) is 17.4 Å². The summed E-state index contributed by atoms with van der Waals surface area (Å²) in [6.07, 6.45) is 6.74. The monoisotopic (exact) mass is 236 g/mol. The Morgan fingerprint density at radius 2 is 1.76 bits per heavy atom. The number of aliphatic hydroxyl groups excluding tert-OH is 1. The molecule has 3 aliphatic carbocycles. The molecule has 0 saturated heterocycles. The van der Waals surface area contributed by atoms with E-state index in [2.05, 4.69) is 27.7 Å². The van der Waals surface area contributed by atoms with Crippen molar-refractivity contribution >= 4 is 0 Å². The first-order valence-electron chi connectivity index (χ1n) is 7.52. The van der Waals surface area contributed by atoms with Crippen LogP contribution in [0.4, 0.5) is 0 Å². The van der Waals surface area contributed by atoms with Gasteiger partial charge >= 0.3 is 0 Å². The molecule has 0 heterocycles. The van der Waals surface area contributed by atoms with Crippen LogP contribution in [0.2, 0.25) is 0 Å². The van der Waals surface area contributed by atoms with E-state index in [1.54, 1.807) is 0 Å². The standard InChI is InChI=1S/C16H28O/c1-11-12(2)15(4)9-8-14(3)6-5-7-16(15,10-17)13(11)14/h11-13,17H,5-10H2,1-4H3. The zero-order valence-corrected chi connectivity index (χ0v) is 11.9. The summed E-state index contributed by atoms with van der Waals surface area (Å²) in [6, 6.07) is 0. The van der Waals surface area contributed by atoms with Gasteiger partial charge in [0.2, 0.25) is 0 Å². The van der Waals surface area contributed by atoms with Gasteiger partial charge in [0, 0.05) is 12.0 Å². The third-order valence-electron chi connectivity index (χ3n) is 7.67. The van der Waals surface area contributed by atoms with Crippen LogP contribution in [0.1, 0.15) is 59.8 Å². The maximum absolute atomic E-state index is 10.2. The molecule has 0 aromatic rings. The maximum Gasteiger partial charge on any atom is 0.0495 e. The molecule has 0 aliphatic heterocycles. The van der Waals surface area contributed by atoms with Crippen LogP contribution in [0.5, 0.6) is 0 Å². The lowest BCUT2D eigenvalue weighted by atomic mass is 9.44. The Kier molecular flexibility index (Phi) is 2.32. The molecule has 0 aromatic heterocycles. The van der Waals surface area contributed by atoms with Crippen LogP contribution in [0.3, 0.4) is 0 Å². The van der Waals surface area contributed by atoms with E-state index in [9.17, 15) is 5.11 Å².